The number of carbonyl (C=O) groups excluding carboxylic acids is 1. The molecule has 4 fully saturated rings. The number of ether oxygens (including phenoxy) is 1. The second kappa shape index (κ2) is 5.83. The van der Waals surface area contributed by atoms with Gasteiger partial charge in [0.1, 0.15) is 5.78 Å². The molecule has 136 valence electrons. The summed E-state index contributed by atoms with van der Waals surface area (Å²) in [6, 6.07) is 0. The number of Topliss-reactive ketones (excluding diaryl/α,β-unsaturated/α-hetero) is 1. The molecule has 4 rings (SSSR count). The molecule has 0 saturated heterocycles. The second-order valence-electron chi connectivity index (χ2n) is 10.1. The topological polar surface area (TPSA) is 26.3 Å². The van der Waals surface area contributed by atoms with Gasteiger partial charge < -0.3 is 4.74 Å². The van der Waals surface area contributed by atoms with Gasteiger partial charge >= 0.3 is 0 Å². The van der Waals surface area contributed by atoms with Crippen LogP contribution in [-0.4, -0.2) is 19.0 Å². The summed E-state index contributed by atoms with van der Waals surface area (Å²) in [6.45, 7) is 6.91. The predicted molar refractivity (Wildman–Crippen MR) is 96.7 cm³/mol. The van der Waals surface area contributed by atoms with Crippen LogP contribution < -0.4 is 0 Å². The molecule has 2 nitrogen and oxygen atoms in total. The van der Waals surface area contributed by atoms with Crippen LogP contribution >= 0.6 is 0 Å². The van der Waals surface area contributed by atoms with Gasteiger partial charge in [0.25, 0.3) is 0 Å². The third kappa shape index (κ3) is 2.27. The molecule has 24 heavy (non-hydrogen) atoms. The van der Waals surface area contributed by atoms with Crippen LogP contribution in [-0.2, 0) is 9.53 Å². The van der Waals surface area contributed by atoms with E-state index in [0.29, 0.717) is 28.6 Å². The lowest BCUT2D eigenvalue weighted by Crippen LogP contribution is -2.54. The fraction of sp³-hybridized carbons (Fsp3) is 0.955. The Hall–Kier alpha value is -0.370. The number of ketones is 1. The van der Waals surface area contributed by atoms with Crippen molar-refractivity contribution in [3.63, 3.8) is 0 Å². The molecule has 0 heterocycles. The van der Waals surface area contributed by atoms with Crippen molar-refractivity contribution in [2.75, 3.05) is 7.11 Å². The molecule has 0 aliphatic heterocycles. The van der Waals surface area contributed by atoms with Gasteiger partial charge in [-0.15, -0.1) is 0 Å². The second-order valence-corrected chi connectivity index (χ2v) is 10.1. The van der Waals surface area contributed by atoms with Crippen LogP contribution in [0.3, 0.4) is 0 Å². The fourth-order valence-corrected chi connectivity index (χ4v) is 8.10. The number of methoxy groups -OCH3 is 1. The third-order valence-corrected chi connectivity index (χ3v) is 9.44. The van der Waals surface area contributed by atoms with Crippen molar-refractivity contribution in [2.45, 2.75) is 84.7 Å². The van der Waals surface area contributed by atoms with Gasteiger partial charge in [0.15, 0.2) is 0 Å². The van der Waals surface area contributed by atoms with E-state index in [-0.39, 0.29) is 0 Å². The largest absolute Gasteiger partial charge is 0.381 e. The highest BCUT2D eigenvalue weighted by Crippen LogP contribution is 2.67. The Labute approximate surface area is 148 Å². The lowest BCUT2D eigenvalue weighted by atomic mass is 9.44. The van der Waals surface area contributed by atoms with Gasteiger partial charge in [-0.05, 0) is 99.2 Å². The number of carbonyl (C=O) groups is 1. The lowest BCUT2D eigenvalue weighted by molar-refractivity contribution is -0.140. The summed E-state index contributed by atoms with van der Waals surface area (Å²) in [5, 5.41) is 0. The maximum Gasteiger partial charge on any atom is 0.133 e. The number of hydrogen-bond acceptors (Lipinski definition) is 2. The van der Waals surface area contributed by atoms with Crippen molar-refractivity contribution >= 4 is 5.78 Å². The molecular formula is C22H36O2. The molecular weight excluding hydrogens is 296 g/mol. The van der Waals surface area contributed by atoms with Crippen molar-refractivity contribution in [2.24, 2.45) is 40.4 Å². The predicted octanol–water partition coefficient (Wildman–Crippen LogP) is 5.25. The molecule has 0 aromatic rings. The van der Waals surface area contributed by atoms with E-state index < -0.39 is 0 Å². The van der Waals surface area contributed by atoms with E-state index in [0.717, 1.165) is 30.1 Å². The molecule has 0 N–H and O–H groups in total. The van der Waals surface area contributed by atoms with Gasteiger partial charge in [-0.1, -0.05) is 13.8 Å². The van der Waals surface area contributed by atoms with Gasteiger partial charge in [-0.2, -0.15) is 0 Å². The summed E-state index contributed by atoms with van der Waals surface area (Å²) < 4.78 is 5.71. The van der Waals surface area contributed by atoms with E-state index in [2.05, 4.69) is 13.8 Å². The van der Waals surface area contributed by atoms with E-state index in [1.165, 1.54) is 51.4 Å². The Kier molecular flexibility index (Phi) is 4.14. The maximum absolute atomic E-state index is 12.2. The first-order chi connectivity index (χ1) is 11.4. The highest BCUT2D eigenvalue weighted by atomic mass is 16.5. The zero-order chi connectivity index (χ0) is 17.1. The maximum atomic E-state index is 12.2. The summed E-state index contributed by atoms with van der Waals surface area (Å²) in [6.07, 6.45) is 12.3. The van der Waals surface area contributed by atoms with Crippen molar-refractivity contribution in [3.8, 4) is 0 Å². The molecule has 8 atom stereocenters. The average Bonchev–Trinajstić information content (AvgIpc) is 2.91. The first-order valence-corrected chi connectivity index (χ1v) is 10.4. The normalized spacial score (nSPS) is 53.8. The average molecular weight is 333 g/mol. The lowest BCUT2D eigenvalue weighted by Gasteiger charge is -2.61. The quantitative estimate of drug-likeness (QED) is 0.690. The van der Waals surface area contributed by atoms with Crippen LogP contribution in [0.25, 0.3) is 0 Å². The third-order valence-electron chi connectivity index (χ3n) is 9.44. The Morgan fingerprint density at radius 3 is 2.33 bits per heavy atom. The standard InChI is InChI=1S/C22H36O2/c1-14(23)18-7-8-19-17-6-5-15-13-16(24-4)9-11-21(15,2)20(17)10-12-22(18,19)3/h15-20H,5-13H2,1-4H3/t15?,16-,17?,18+,19?,20?,21-,22+/m0/s1. The van der Waals surface area contributed by atoms with Crippen molar-refractivity contribution in [1.82, 2.24) is 0 Å². The molecule has 4 aliphatic rings. The van der Waals surface area contributed by atoms with Gasteiger partial charge in [0.2, 0.25) is 0 Å². The molecule has 0 aromatic heterocycles. The molecule has 0 spiro atoms. The zero-order valence-corrected chi connectivity index (χ0v) is 16.1. The Bertz CT molecular complexity index is 514. The highest BCUT2D eigenvalue weighted by Gasteiger charge is 2.60. The molecule has 0 aromatic carbocycles. The van der Waals surface area contributed by atoms with E-state index >= 15 is 0 Å². The van der Waals surface area contributed by atoms with Crippen LogP contribution in [0.15, 0.2) is 0 Å². The summed E-state index contributed by atoms with van der Waals surface area (Å²) in [7, 11) is 1.89. The van der Waals surface area contributed by atoms with Crippen LogP contribution in [0, 0.1) is 40.4 Å². The summed E-state index contributed by atoms with van der Waals surface area (Å²) in [5.74, 6) is 4.26. The minimum absolute atomic E-state index is 0.305. The molecule has 0 bridgehead atoms. The summed E-state index contributed by atoms with van der Waals surface area (Å²) >= 11 is 0. The molecule has 0 radical (unpaired) electrons. The van der Waals surface area contributed by atoms with Gasteiger partial charge in [-0.3, -0.25) is 4.79 Å². The van der Waals surface area contributed by atoms with Crippen LogP contribution in [0.5, 0.6) is 0 Å². The van der Waals surface area contributed by atoms with E-state index in [9.17, 15) is 4.79 Å². The van der Waals surface area contributed by atoms with Crippen molar-refractivity contribution in [3.05, 3.63) is 0 Å². The van der Waals surface area contributed by atoms with Crippen molar-refractivity contribution in [1.29, 1.82) is 0 Å². The Balaban J connectivity index is 1.59. The van der Waals surface area contributed by atoms with E-state index in [1.54, 1.807) is 0 Å². The number of rotatable bonds is 2. The number of fused-ring (bicyclic) bond motifs is 5. The first kappa shape index (κ1) is 17.1. The molecule has 4 saturated carbocycles. The minimum atomic E-state index is 0.305. The Morgan fingerprint density at radius 1 is 0.917 bits per heavy atom. The van der Waals surface area contributed by atoms with Gasteiger partial charge in [0.05, 0.1) is 6.10 Å². The van der Waals surface area contributed by atoms with E-state index in [1.807, 2.05) is 14.0 Å². The molecule has 4 aliphatic carbocycles. The zero-order valence-electron chi connectivity index (χ0n) is 16.1. The van der Waals surface area contributed by atoms with Gasteiger partial charge in [-0.25, -0.2) is 0 Å². The Morgan fingerprint density at radius 2 is 1.62 bits per heavy atom. The fourth-order valence-electron chi connectivity index (χ4n) is 8.10. The monoisotopic (exact) mass is 332 g/mol. The van der Waals surface area contributed by atoms with E-state index in [4.69, 9.17) is 4.74 Å². The number of hydrogen-bond donors (Lipinski definition) is 0. The molecule has 2 heteroatoms. The molecule has 4 unspecified atom stereocenters. The van der Waals surface area contributed by atoms with Crippen LogP contribution in [0.1, 0.15) is 78.6 Å². The summed E-state index contributed by atoms with van der Waals surface area (Å²) in [4.78, 5) is 12.2. The smallest absolute Gasteiger partial charge is 0.133 e. The van der Waals surface area contributed by atoms with Crippen molar-refractivity contribution < 1.29 is 9.53 Å². The summed E-state index contributed by atoms with van der Waals surface area (Å²) in [5.41, 5.74) is 0.841. The SMILES string of the molecule is CO[C@H]1CC[C@@]2(C)C(CCC3C2CC[C@@]2(C)C3CC[C@@H]2C(C)=O)C1. The minimum Gasteiger partial charge on any atom is -0.381 e. The molecule has 0 amide bonds. The highest BCUT2D eigenvalue weighted by molar-refractivity contribution is 5.79. The first-order valence-electron chi connectivity index (χ1n) is 10.4. The van der Waals surface area contributed by atoms with Gasteiger partial charge in [0, 0.05) is 13.0 Å². The van der Waals surface area contributed by atoms with Crippen LogP contribution in [0.4, 0.5) is 0 Å². The van der Waals surface area contributed by atoms with Crippen LogP contribution in [0.2, 0.25) is 0 Å².